The summed E-state index contributed by atoms with van der Waals surface area (Å²) in [6.07, 6.45) is 0.641. The molecule has 1 aromatic rings. The Morgan fingerprint density at radius 1 is 1.21 bits per heavy atom. The Kier molecular flexibility index (Phi) is 1.95. The molecule has 0 bridgehead atoms. The van der Waals surface area contributed by atoms with E-state index >= 15 is 0 Å². The molecule has 1 aliphatic rings. The molecule has 1 aliphatic carbocycles. The molecule has 68 valence electrons. The summed E-state index contributed by atoms with van der Waals surface area (Å²) in [7, 11) is 0. The average Bonchev–Trinajstić information content (AvgIpc) is 2.94. The summed E-state index contributed by atoms with van der Waals surface area (Å²) in [5, 5.41) is 18.4. The maximum Gasteiger partial charge on any atom is 0.151 e. The lowest BCUT2D eigenvalue weighted by Gasteiger charge is -1.99. The first-order valence-corrected chi connectivity index (χ1v) is 4.67. The van der Waals surface area contributed by atoms with Gasteiger partial charge < -0.3 is 0 Å². The minimum absolute atomic E-state index is 0.0646. The van der Waals surface area contributed by atoms with Crippen LogP contribution >= 0.6 is 11.6 Å². The molecule has 1 fully saturated rings. The van der Waals surface area contributed by atoms with Gasteiger partial charge in [-0.1, -0.05) is 23.7 Å². The summed E-state index contributed by atoms with van der Waals surface area (Å²) >= 11 is 5.75. The van der Waals surface area contributed by atoms with E-state index in [1.165, 1.54) is 0 Å². The van der Waals surface area contributed by atoms with Crippen LogP contribution in [0.3, 0.4) is 0 Å². The van der Waals surface area contributed by atoms with Crippen LogP contribution in [0.2, 0.25) is 5.02 Å². The molecule has 1 saturated carbocycles. The van der Waals surface area contributed by atoms with Gasteiger partial charge in [0.15, 0.2) is 5.41 Å². The minimum atomic E-state index is -0.784. The number of nitriles is 2. The van der Waals surface area contributed by atoms with Crippen molar-refractivity contribution in [2.75, 3.05) is 0 Å². The van der Waals surface area contributed by atoms with Crippen molar-refractivity contribution < 1.29 is 0 Å². The molecule has 0 spiro atoms. The average molecular weight is 203 g/mol. The molecule has 1 atom stereocenters. The van der Waals surface area contributed by atoms with Crippen molar-refractivity contribution >= 4 is 11.6 Å². The molecule has 0 aromatic heterocycles. The van der Waals surface area contributed by atoms with Crippen molar-refractivity contribution in [3.63, 3.8) is 0 Å². The van der Waals surface area contributed by atoms with Gasteiger partial charge >= 0.3 is 0 Å². The second kappa shape index (κ2) is 3.01. The normalized spacial score (nSPS) is 22.1. The number of hydrogen-bond acceptors (Lipinski definition) is 2. The van der Waals surface area contributed by atoms with Crippen LogP contribution in [0.15, 0.2) is 24.3 Å². The minimum Gasteiger partial charge on any atom is -0.197 e. The van der Waals surface area contributed by atoms with Crippen LogP contribution in [0.4, 0.5) is 0 Å². The fourth-order valence-electron chi connectivity index (χ4n) is 1.63. The van der Waals surface area contributed by atoms with Crippen molar-refractivity contribution in [1.29, 1.82) is 10.5 Å². The molecular formula is C11H7ClN2. The van der Waals surface area contributed by atoms with E-state index in [-0.39, 0.29) is 5.92 Å². The predicted octanol–water partition coefficient (Wildman–Crippen LogP) is 2.86. The Bertz CT molecular complexity index is 422. The van der Waals surface area contributed by atoms with Gasteiger partial charge in [0, 0.05) is 10.9 Å². The molecule has 1 aromatic carbocycles. The number of benzene rings is 1. The van der Waals surface area contributed by atoms with Crippen molar-refractivity contribution in [3.05, 3.63) is 34.9 Å². The largest absolute Gasteiger partial charge is 0.197 e. The second-order valence-electron chi connectivity index (χ2n) is 3.50. The Morgan fingerprint density at radius 2 is 1.79 bits per heavy atom. The lowest BCUT2D eigenvalue weighted by atomic mass is 10.0. The van der Waals surface area contributed by atoms with E-state index < -0.39 is 5.41 Å². The fourth-order valence-corrected chi connectivity index (χ4v) is 1.76. The molecule has 0 N–H and O–H groups in total. The number of nitrogens with zero attached hydrogens (tertiary/aromatic N) is 2. The quantitative estimate of drug-likeness (QED) is 0.703. The zero-order chi connectivity index (χ0) is 10.2. The highest BCUT2D eigenvalue weighted by atomic mass is 35.5. The van der Waals surface area contributed by atoms with Gasteiger partial charge in [-0.05, 0) is 24.1 Å². The third-order valence-electron chi connectivity index (χ3n) is 2.63. The first-order valence-electron chi connectivity index (χ1n) is 4.30. The van der Waals surface area contributed by atoms with E-state index in [4.69, 9.17) is 22.1 Å². The van der Waals surface area contributed by atoms with Gasteiger partial charge in [-0.3, -0.25) is 0 Å². The van der Waals surface area contributed by atoms with Gasteiger partial charge in [0.25, 0.3) is 0 Å². The van der Waals surface area contributed by atoms with Crippen LogP contribution in [0.5, 0.6) is 0 Å². The molecule has 0 radical (unpaired) electrons. The van der Waals surface area contributed by atoms with Gasteiger partial charge in [-0.2, -0.15) is 10.5 Å². The van der Waals surface area contributed by atoms with Gasteiger partial charge in [0.2, 0.25) is 0 Å². The highest BCUT2D eigenvalue weighted by Gasteiger charge is 2.56. The number of rotatable bonds is 1. The van der Waals surface area contributed by atoms with E-state index in [1.54, 1.807) is 12.1 Å². The van der Waals surface area contributed by atoms with Crippen molar-refractivity contribution in [2.24, 2.45) is 5.41 Å². The lowest BCUT2D eigenvalue weighted by Crippen LogP contribution is -1.95. The summed E-state index contributed by atoms with van der Waals surface area (Å²) in [5.41, 5.74) is 0.242. The Balaban J connectivity index is 2.26. The monoisotopic (exact) mass is 202 g/mol. The van der Waals surface area contributed by atoms with Crippen LogP contribution < -0.4 is 0 Å². The van der Waals surface area contributed by atoms with Crippen molar-refractivity contribution in [1.82, 2.24) is 0 Å². The highest BCUT2D eigenvalue weighted by Crippen LogP contribution is 2.58. The lowest BCUT2D eigenvalue weighted by molar-refractivity contribution is 0.841. The van der Waals surface area contributed by atoms with Gasteiger partial charge in [0.1, 0.15) is 0 Å². The SMILES string of the molecule is N#CC1(C#N)C[C@H]1c1ccc(Cl)cc1. The third kappa shape index (κ3) is 1.25. The maximum absolute atomic E-state index is 8.84. The molecule has 0 aliphatic heterocycles. The third-order valence-corrected chi connectivity index (χ3v) is 2.88. The van der Waals surface area contributed by atoms with Gasteiger partial charge in [-0.25, -0.2) is 0 Å². The molecule has 0 heterocycles. The Labute approximate surface area is 87.3 Å². The maximum atomic E-state index is 8.84. The molecule has 0 saturated heterocycles. The van der Waals surface area contributed by atoms with Crippen LogP contribution in [0, 0.1) is 28.1 Å². The van der Waals surface area contributed by atoms with Gasteiger partial charge in [-0.15, -0.1) is 0 Å². The van der Waals surface area contributed by atoms with E-state index in [1.807, 2.05) is 12.1 Å². The van der Waals surface area contributed by atoms with Gasteiger partial charge in [0.05, 0.1) is 12.1 Å². The summed E-state index contributed by atoms with van der Waals surface area (Å²) in [6.45, 7) is 0. The van der Waals surface area contributed by atoms with E-state index in [0.717, 1.165) is 5.56 Å². The first-order chi connectivity index (χ1) is 6.72. The summed E-state index contributed by atoms with van der Waals surface area (Å²) in [4.78, 5) is 0. The van der Waals surface area contributed by atoms with Crippen LogP contribution in [0.1, 0.15) is 17.9 Å². The molecule has 2 nitrogen and oxygen atoms in total. The second-order valence-corrected chi connectivity index (χ2v) is 3.94. The fraction of sp³-hybridized carbons (Fsp3) is 0.273. The first kappa shape index (κ1) is 9.06. The summed E-state index contributed by atoms with van der Waals surface area (Å²) in [6, 6.07) is 11.5. The molecule has 0 amide bonds. The zero-order valence-corrected chi connectivity index (χ0v) is 8.12. The highest BCUT2D eigenvalue weighted by molar-refractivity contribution is 6.30. The Morgan fingerprint density at radius 3 is 2.21 bits per heavy atom. The van der Waals surface area contributed by atoms with E-state index in [0.29, 0.717) is 11.4 Å². The molecule has 3 heteroatoms. The Hall–Kier alpha value is -1.51. The topological polar surface area (TPSA) is 47.6 Å². The molecular weight excluding hydrogens is 196 g/mol. The summed E-state index contributed by atoms with van der Waals surface area (Å²) in [5.74, 6) is 0.0646. The molecule has 2 rings (SSSR count). The predicted molar refractivity (Wildman–Crippen MR) is 52.5 cm³/mol. The van der Waals surface area contributed by atoms with E-state index in [9.17, 15) is 0 Å². The van der Waals surface area contributed by atoms with Crippen molar-refractivity contribution in [3.8, 4) is 12.1 Å². The van der Waals surface area contributed by atoms with Crippen molar-refractivity contribution in [2.45, 2.75) is 12.3 Å². The van der Waals surface area contributed by atoms with Crippen LogP contribution in [0.25, 0.3) is 0 Å². The molecule has 14 heavy (non-hydrogen) atoms. The number of hydrogen-bond donors (Lipinski definition) is 0. The smallest absolute Gasteiger partial charge is 0.151 e. The summed E-state index contributed by atoms with van der Waals surface area (Å²) < 4.78 is 0. The number of halogens is 1. The van der Waals surface area contributed by atoms with E-state index in [2.05, 4.69) is 12.1 Å². The zero-order valence-electron chi connectivity index (χ0n) is 7.37. The van der Waals surface area contributed by atoms with Crippen LogP contribution in [-0.4, -0.2) is 0 Å². The van der Waals surface area contributed by atoms with Crippen LogP contribution in [-0.2, 0) is 0 Å². The standard InChI is InChI=1S/C11H7ClN2/c12-9-3-1-8(2-4-9)10-5-11(10,6-13)7-14/h1-4,10H,5H2/t10-/m0/s1. The molecule has 0 unspecified atom stereocenters.